The van der Waals surface area contributed by atoms with E-state index in [9.17, 15) is 4.79 Å². The van der Waals surface area contributed by atoms with E-state index < -0.39 is 0 Å². The summed E-state index contributed by atoms with van der Waals surface area (Å²) in [5.41, 5.74) is 0. The van der Waals surface area contributed by atoms with Crippen molar-refractivity contribution in [3.63, 3.8) is 0 Å². The number of nitrogens with zero attached hydrogens (tertiary/aromatic N) is 1. The lowest BCUT2D eigenvalue weighted by Gasteiger charge is -2.30. The Morgan fingerprint density at radius 1 is 1.65 bits per heavy atom. The van der Waals surface area contributed by atoms with Crippen LogP contribution in [0.5, 0.6) is 0 Å². The van der Waals surface area contributed by atoms with Crippen LogP contribution in [0.3, 0.4) is 0 Å². The van der Waals surface area contributed by atoms with Crippen LogP contribution in [-0.2, 0) is 11.3 Å². The minimum atomic E-state index is 0.0792. The zero-order chi connectivity index (χ0) is 12.1. The van der Waals surface area contributed by atoms with Gasteiger partial charge in [-0.3, -0.25) is 9.69 Å². The number of carbonyl (C=O) groups is 1. The van der Waals surface area contributed by atoms with Gasteiger partial charge in [0.1, 0.15) is 5.76 Å². The molecule has 1 saturated heterocycles. The third kappa shape index (κ3) is 3.89. The fourth-order valence-electron chi connectivity index (χ4n) is 2.29. The molecule has 0 radical (unpaired) electrons. The maximum atomic E-state index is 11.7. The maximum Gasteiger partial charge on any atom is 0.234 e. The molecular weight excluding hydrogens is 216 g/mol. The van der Waals surface area contributed by atoms with Crippen molar-refractivity contribution < 1.29 is 9.21 Å². The Kier molecular flexibility index (Phi) is 4.20. The van der Waals surface area contributed by atoms with Gasteiger partial charge in [-0.05, 0) is 37.4 Å². The third-order valence-electron chi connectivity index (χ3n) is 3.15. The van der Waals surface area contributed by atoms with Gasteiger partial charge in [-0.25, -0.2) is 0 Å². The Labute approximate surface area is 102 Å². The Morgan fingerprint density at radius 2 is 2.53 bits per heavy atom. The van der Waals surface area contributed by atoms with Crippen LogP contribution in [0, 0.1) is 5.92 Å². The molecule has 4 heteroatoms. The van der Waals surface area contributed by atoms with Crippen LogP contribution in [0.4, 0.5) is 0 Å². The summed E-state index contributed by atoms with van der Waals surface area (Å²) < 4.78 is 5.16. The van der Waals surface area contributed by atoms with Gasteiger partial charge in [-0.2, -0.15) is 0 Å². The summed E-state index contributed by atoms with van der Waals surface area (Å²) in [6, 6.07) is 3.69. The van der Waals surface area contributed by atoms with Crippen molar-refractivity contribution in [3.05, 3.63) is 24.2 Å². The van der Waals surface area contributed by atoms with Crippen LogP contribution in [0.2, 0.25) is 0 Å². The highest BCUT2D eigenvalue weighted by molar-refractivity contribution is 5.77. The van der Waals surface area contributed by atoms with Gasteiger partial charge in [0.05, 0.1) is 19.4 Å². The molecule has 1 fully saturated rings. The molecule has 1 N–H and O–H groups in total. The first-order chi connectivity index (χ1) is 8.24. The van der Waals surface area contributed by atoms with Crippen molar-refractivity contribution >= 4 is 5.91 Å². The Morgan fingerprint density at radius 3 is 3.24 bits per heavy atom. The van der Waals surface area contributed by atoms with Gasteiger partial charge in [0.2, 0.25) is 5.91 Å². The van der Waals surface area contributed by atoms with Gasteiger partial charge >= 0.3 is 0 Å². The molecule has 1 aliphatic rings. The molecule has 1 aromatic heterocycles. The average molecular weight is 236 g/mol. The number of rotatable bonds is 4. The molecule has 0 spiro atoms. The maximum absolute atomic E-state index is 11.7. The molecule has 2 heterocycles. The van der Waals surface area contributed by atoms with Gasteiger partial charge < -0.3 is 9.73 Å². The molecule has 0 aromatic carbocycles. The summed E-state index contributed by atoms with van der Waals surface area (Å²) in [4.78, 5) is 13.9. The van der Waals surface area contributed by atoms with E-state index in [1.54, 1.807) is 6.26 Å². The topological polar surface area (TPSA) is 45.5 Å². The van der Waals surface area contributed by atoms with E-state index in [-0.39, 0.29) is 5.91 Å². The fourth-order valence-corrected chi connectivity index (χ4v) is 2.29. The number of furan rings is 1. The molecule has 1 amide bonds. The molecule has 0 saturated carbocycles. The second-order valence-corrected chi connectivity index (χ2v) is 4.84. The van der Waals surface area contributed by atoms with Crippen molar-refractivity contribution in [1.29, 1.82) is 0 Å². The summed E-state index contributed by atoms with van der Waals surface area (Å²) in [6.07, 6.45) is 4.10. The molecule has 0 aliphatic carbocycles. The summed E-state index contributed by atoms with van der Waals surface area (Å²) in [7, 11) is 0. The predicted octanol–water partition coefficient (Wildman–Crippen LogP) is 1.63. The number of hydrogen-bond acceptors (Lipinski definition) is 3. The summed E-state index contributed by atoms with van der Waals surface area (Å²) in [5, 5.41) is 2.87. The lowest BCUT2D eigenvalue weighted by Crippen LogP contribution is -2.41. The average Bonchev–Trinajstić information content (AvgIpc) is 2.79. The standard InChI is InChI=1S/C13H20N2O2/c1-11-4-2-6-15(9-11)10-13(16)14-8-12-5-3-7-17-12/h3,5,7,11H,2,4,6,8-10H2,1H3,(H,14,16). The first-order valence-electron chi connectivity index (χ1n) is 6.25. The smallest absolute Gasteiger partial charge is 0.234 e. The lowest BCUT2D eigenvalue weighted by molar-refractivity contribution is -0.122. The van der Waals surface area contributed by atoms with Crippen molar-refractivity contribution in [3.8, 4) is 0 Å². The van der Waals surface area contributed by atoms with Gasteiger partial charge in [0.25, 0.3) is 0 Å². The van der Waals surface area contributed by atoms with E-state index >= 15 is 0 Å². The molecular formula is C13H20N2O2. The van der Waals surface area contributed by atoms with E-state index in [0.29, 0.717) is 19.0 Å². The van der Waals surface area contributed by atoms with Crippen LogP contribution in [0.25, 0.3) is 0 Å². The molecule has 94 valence electrons. The number of carbonyl (C=O) groups excluding carboxylic acids is 1. The summed E-state index contributed by atoms with van der Waals surface area (Å²) in [5.74, 6) is 1.59. The summed E-state index contributed by atoms with van der Waals surface area (Å²) >= 11 is 0. The molecule has 1 aliphatic heterocycles. The molecule has 1 atom stereocenters. The zero-order valence-corrected chi connectivity index (χ0v) is 10.3. The quantitative estimate of drug-likeness (QED) is 0.864. The lowest BCUT2D eigenvalue weighted by atomic mass is 10.0. The highest BCUT2D eigenvalue weighted by atomic mass is 16.3. The highest BCUT2D eigenvalue weighted by Gasteiger charge is 2.18. The van der Waals surface area contributed by atoms with E-state index in [0.717, 1.165) is 18.8 Å². The first-order valence-corrected chi connectivity index (χ1v) is 6.25. The molecule has 1 aromatic rings. The van der Waals surface area contributed by atoms with Crippen LogP contribution >= 0.6 is 0 Å². The van der Waals surface area contributed by atoms with Crippen molar-refractivity contribution in [2.45, 2.75) is 26.3 Å². The van der Waals surface area contributed by atoms with E-state index in [1.807, 2.05) is 12.1 Å². The minimum Gasteiger partial charge on any atom is -0.467 e. The Bertz CT molecular complexity index is 348. The largest absolute Gasteiger partial charge is 0.467 e. The molecule has 4 nitrogen and oxygen atoms in total. The van der Waals surface area contributed by atoms with Gasteiger partial charge in [-0.15, -0.1) is 0 Å². The van der Waals surface area contributed by atoms with Gasteiger partial charge in [0, 0.05) is 6.54 Å². The van der Waals surface area contributed by atoms with Crippen molar-refractivity contribution in [2.24, 2.45) is 5.92 Å². The van der Waals surface area contributed by atoms with Crippen molar-refractivity contribution in [1.82, 2.24) is 10.2 Å². The SMILES string of the molecule is CC1CCCN(CC(=O)NCc2ccco2)C1. The molecule has 1 unspecified atom stereocenters. The van der Waals surface area contributed by atoms with Crippen molar-refractivity contribution in [2.75, 3.05) is 19.6 Å². The molecule has 0 bridgehead atoms. The minimum absolute atomic E-state index is 0.0792. The second kappa shape index (κ2) is 5.87. The predicted molar refractivity (Wildman–Crippen MR) is 65.4 cm³/mol. The van der Waals surface area contributed by atoms with Crippen LogP contribution in [0.15, 0.2) is 22.8 Å². The number of amides is 1. The van der Waals surface area contributed by atoms with Crippen LogP contribution in [-0.4, -0.2) is 30.4 Å². The first kappa shape index (κ1) is 12.2. The molecule has 2 rings (SSSR count). The van der Waals surface area contributed by atoms with E-state index in [2.05, 4.69) is 17.1 Å². The van der Waals surface area contributed by atoms with E-state index in [1.165, 1.54) is 12.8 Å². The number of likely N-dealkylation sites (tertiary alicyclic amines) is 1. The normalized spacial score (nSPS) is 21.4. The Balaban J connectivity index is 1.70. The third-order valence-corrected chi connectivity index (χ3v) is 3.15. The molecule has 17 heavy (non-hydrogen) atoms. The van der Waals surface area contributed by atoms with Crippen LogP contribution < -0.4 is 5.32 Å². The number of piperidine rings is 1. The fraction of sp³-hybridized carbons (Fsp3) is 0.615. The van der Waals surface area contributed by atoms with Gasteiger partial charge in [0.15, 0.2) is 0 Å². The van der Waals surface area contributed by atoms with E-state index in [4.69, 9.17) is 4.42 Å². The number of hydrogen-bond donors (Lipinski definition) is 1. The zero-order valence-electron chi connectivity index (χ0n) is 10.3. The van der Waals surface area contributed by atoms with Gasteiger partial charge in [-0.1, -0.05) is 6.92 Å². The highest BCUT2D eigenvalue weighted by Crippen LogP contribution is 2.14. The second-order valence-electron chi connectivity index (χ2n) is 4.84. The van der Waals surface area contributed by atoms with Crippen LogP contribution in [0.1, 0.15) is 25.5 Å². The summed E-state index contributed by atoms with van der Waals surface area (Å²) in [6.45, 7) is 5.31. The monoisotopic (exact) mass is 236 g/mol. The Hall–Kier alpha value is -1.29. The number of nitrogens with one attached hydrogen (secondary N) is 1.